The highest BCUT2D eigenvalue weighted by atomic mass is 16.8. The zero-order valence-corrected chi connectivity index (χ0v) is 50.5. The van der Waals surface area contributed by atoms with Gasteiger partial charge in [0.2, 0.25) is 0 Å². The van der Waals surface area contributed by atoms with Gasteiger partial charge < -0.3 is 128 Å². The van der Waals surface area contributed by atoms with Gasteiger partial charge in [0.1, 0.15) is 121 Å². The van der Waals surface area contributed by atoms with E-state index in [2.05, 4.69) is 34.3 Å². The fraction of sp³-hybridized carbons (Fsp3) is 0.883. The van der Waals surface area contributed by atoms with Crippen molar-refractivity contribution < 1.29 is 133 Å². The van der Waals surface area contributed by atoms with Crippen LogP contribution in [0.3, 0.4) is 0 Å². The molecule has 10 aliphatic rings. The quantitative estimate of drug-likeness (QED) is 0.0302. The van der Waals surface area contributed by atoms with Gasteiger partial charge in [0.25, 0.3) is 0 Å². The number of carbonyl (C=O) groups is 1. The average molecular weight is 1250 g/mol. The second kappa shape index (κ2) is 25.5. The van der Waals surface area contributed by atoms with Crippen LogP contribution in [0.5, 0.6) is 0 Å². The zero-order valence-electron chi connectivity index (χ0n) is 50.5. The number of carbonyl (C=O) groups excluding carboxylic acids is 1. The molecular formula is C60H94O27. The van der Waals surface area contributed by atoms with Gasteiger partial charge in [0, 0.05) is 19.4 Å². The summed E-state index contributed by atoms with van der Waals surface area (Å²) in [6.45, 7) is 15.1. The molecule has 14 N–H and O–H groups in total. The molecule has 4 aliphatic carbocycles. The van der Waals surface area contributed by atoms with Crippen LogP contribution in [0.4, 0.5) is 0 Å². The minimum Gasteiger partial charge on any atom is -0.458 e. The van der Waals surface area contributed by atoms with Gasteiger partial charge in [-0.15, -0.1) is 0 Å². The van der Waals surface area contributed by atoms with Crippen molar-refractivity contribution in [3.05, 3.63) is 36.0 Å². The summed E-state index contributed by atoms with van der Waals surface area (Å²) in [5.74, 6) is -0.662. The van der Waals surface area contributed by atoms with E-state index < -0.39 is 213 Å². The molecule has 87 heavy (non-hydrogen) atoms. The van der Waals surface area contributed by atoms with Crippen molar-refractivity contribution in [2.45, 2.75) is 259 Å². The fourth-order valence-electron chi connectivity index (χ4n) is 17.3. The van der Waals surface area contributed by atoms with Crippen LogP contribution < -0.4 is 0 Å². The Balaban J connectivity index is 0.873. The summed E-state index contributed by atoms with van der Waals surface area (Å²) >= 11 is 0. The molecule has 33 atom stereocenters. The third-order valence-corrected chi connectivity index (χ3v) is 22.0. The second-order valence-electron chi connectivity index (χ2n) is 27.4. The van der Waals surface area contributed by atoms with E-state index in [0.717, 1.165) is 30.4 Å². The summed E-state index contributed by atoms with van der Waals surface area (Å²) in [6, 6.07) is 0. The maximum atomic E-state index is 14.5. The molecular weight excluding hydrogens is 1150 g/mol. The minimum atomic E-state index is -2.02. The van der Waals surface area contributed by atoms with Crippen LogP contribution in [0.1, 0.15) is 93.4 Å². The van der Waals surface area contributed by atoms with E-state index in [1.165, 1.54) is 14.0 Å². The van der Waals surface area contributed by atoms with E-state index in [1.807, 2.05) is 32.1 Å². The molecule has 496 valence electrons. The number of hydrogen-bond acceptors (Lipinski definition) is 27. The molecule has 9 fully saturated rings. The molecule has 33 unspecified atom stereocenters. The van der Waals surface area contributed by atoms with Crippen LogP contribution in [0, 0.1) is 39.4 Å². The molecule has 0 aromatic rings. The molecule has 1 spiro atoms. The number of allylic oxidation sites excluding steroid dienone is 3. The van der Waals surface area contributed by atoms with Gasteiger partial charge in [-0.05, 0) is 87.4 Å². The highest BCUT2D eigenvalue weighted by Gasteiger charge is 2.79. The van der Waals surface area contributed by atoms with Crippen molar-refractivity contribution >= 4 is 5.97 Å². The first-order chi connectivity index (χ1) is 41.0. The minimum absolute atomic E-state index is 0.0309. The molecule has 27 heteroatoms. The van der Waals surface area contributed by atoms with Crippen molar-refractivity contribution in [1.82, 2.24) is 0 Å². The van der Waals surface area contributed by atoms with E-state index in [4.69, 9.17) is 56.8 Å². The Kier molecular flexibility index (Phi) is 19.8. The number of esters is 1. The van der Waals surface area contributed by atoms with Gasteiger partial charge in [-0.3, -0.25) is 4.79 Å². The number of fused-ring (bicyclic) bond motifs is 4. The van der Waals surface area contributed by atoms with Gasteiger partial charge in [-0.25, -0.2) is 0 Å². The summed E-state index contributed by atoms with van der Waals surface area (Å²) in [5, 5.41) is 155. The van der Waals surface area contributed by atoms with Gasteiger partial charge in [0.15, 0.2) is 31.5 Å². The molecule has 0 amide bonds. The van der Waals surface area contributed by atoms with Gasteiger partial charge in [-0.1, -0.05) is 63.6 Å². The van der Waals surface area contributed by atoms with Crippen LogP contribution in [-0.2, 0) is 61.6 Å². The Hall–Kier alpha value is -2.31. The monoisotopic (exact) mass is 1250 g/mol. The highest BCUT2D eigenvalue weighted by Crippen LogP contribution is 2.76. The van der Waals surface area contributed by atoms with E-state index in [0.29, 0.717) is 25.7 Å². The van der Waals surface area contributed by atoms with Crippen LogP contribution in [0.2, 0.25) is 0 Å². The first-order valence-electron chi connectivity index (χ1n) is 30.6. The van der Waals surface area contributed by atoms with Crippen molar-refractivity contribution in [1.29, 1.82) is 0 Å². The van der Waals surface area contributed by atoms with Crippen LogP contribution in [0.25, 0.3) is 0 Å². The normalized spacial score (nSPS) is 53.2. The summed E-state index contributed by atoms with van der Waals surface area (Å²) in [6.07, 6.45) is -31.4. The molecule has 0 bridgehead atoms. The first kappa shape index (κ1) is 67.6. The molecule has 10 rings (SSSR count). The lowest BCUT2D eigenvalue weighted by molar-refractivity contribution is -0.394. The third-order valence-electron chi connectivity index (χ3n) is 22.0. The highest BCUT2D eigenvalue weighted by molar-refractivity contribution is 5.84. The van der Waals surface area contributed by atoms with Crippen LogP contribution in [0.15, 0.2) is 36.0 Å². The number of ether oxygens (including phenoxy) is 12. The van der Waals surface area contributed by atoms with E-state index >= 15 is 0 Å². The standard InChI is InChI=1S/C60H94O27/c1-24(2)11-10-16-59(8)33-14-18-58(7)26-12-13-32-56(4,5)35(15-17-57(32,6)27(26)19-34(64)60(33,58)55(75)87-59)83-54-49(39(68)31(23-77-54)82-51-42(71)40(69)36(65)28(20-61)79-51)86-50-43(72)41(70)46(25(3)78-50)84-53-45(74)48(38(67)30(22-63)81-53)85-52-44(73)47(76-9)37(66)29(21-62)80-52/h10-11,19,25-26,28-54,61-74H,1,12-18,20-23H2,2-9H3. The number of cyclic esters (lactones) is 1. The van der Waals surface area contributed by atoms with E-state index in [-0.39, 0.29) is 23.7 Å². The van der Waals surface area contributed by atoms with E-state index in [9.17, 15) is 76.3 Å². The summed E-state index contributed by atoms with van der Waals surface area (Å²) in [7, 11) is 1.19. The summed E-state index contributed by atoms with van der Waals surface area (Å²) in [4.78, 5) is 14.5. The maximum Gasteiger partial charge on any atom is 0.316 e. The Morgan fingerprint density at radius 1 is 0.609 bits per heavy atom. The molecule has 27 nitrogen and oxygen atoms in total. The Labute approximate surface area is 505 Å². The Morgan fingerprint density at radius 3 is 1.79 bits per heavy atom. The lowest BCUT2D eigenvalue weighted by atomic mass is 9.40. The molecule has 3 saturated carbocycles. The second-order valence-corrected chi connectivity index (χ2v) is 27.4. The zero-order chi connectivity index (χ0) is 63.4. The predicted molar refractivity (Wildman–Crippen MR) is 294 cm³/mol. The van der Waals surface area contributed by atoms with Crippen molar-refractivity contribution in [2.75, 3.05) is 33.5 Å². The van der Waals surface area contributed by atoms with Gasteiger partial charge in [0.05, 0.1) is 44.7 Å². The summed E-state index contributed by atoms with van der Waals surface area (Å²) in [5.41, 5.74) is -1.68. The number of aliphatic hydroxyl groups is 14. The van der Waals surface area contributed by atoms with E-state index in [1.54, 1.807) is 0 Å². The number of rotatable bonds is 17. The lowest BCUT2D eigenvalue weighted by Crippen LogP contribution is -2.67. The largest absolute Gasteiger partial charge is 0.458 e. The Morgan fingerprint density at radius 2 is 1.17 bits per heavy atom. The van der Waals surface area contributed by atoms with Crippen molar-refractivity contribution in [3.63, 3.8) is 0 Å². The fourth-order valence-corrected chi connectivity index (χ4v) is 17.3. The molecule has 6 heterocycles. The number of aliphatic hydroxyl groups excluding tert-OH is 14. The molecule has 6 saturated heterocycles. The first-order valence-corrected chi connectivity index (χ1v) is 30.6. The predicted octanol–water partition coefficient (Wildman–Crippen LogP) is -2.82. The summed E-state index contributed by atoms with van der Waals surface area (Å²) < 4.78 is 72.3. The van der Waals surface area contributed by atoms with Crippen molar-refractivity contribution in [2.24, 2.45) is 39.4 Å². The van der Waals surface area contributed by atoms with Crippen LogP contribution >= 0.6 is 0 Å². The van der Waals surface area contributed by atoms with Gasteiger partial charge in [-0.2, -0.15) is 0 Å². The molecule has 0 radical (unpaired) electrons. The number of hydrogen-bond donors (Lipinski definition) is 14. The Bertz CT molecular complexity index is 2480. The lowest BCUT2D eigenvalue weighted by Gasteiger charge is -2.64. The van der Waals surface area contributed by atoms with Crippen LogP contribution in [-0.4, -0.2) is 276 Å². The van der Waals surface area contributed by atoms with Crippen molar-refractivity contribution in [3.8, 4) is 0 Å². The third kappa shape index (κ3) is 11.3. The van der Waals surface area contributed by atoms with Gasteiger partial charge >= 0.3 is 5.97 Å². The SMILES string of the molecule is C=C(C)C=CCC1(C)OC(=O)C23C(O)C=C4C(CCC5C4(C)CCC(OC4OCC(OC6OC(CO)C(O)C(O)C6O)C(O)C4OC4OC(C)C(OC6OC(CO)C(O)C(OC7OC(CO)C(O)C(OC)C7O)C6O)C(O)C4O)C5(C)C)C2(C)CCC13. The molecule has 6 aliphatic heterocycles. The smallest absolute Gasteiger partial charge is 0.316 e. The average Bonchev–Trinajstić information content (AvgIpc) is 1.54. The maximum absolute atomic E-state index is 14.5. The molecule has 0 aromatic carbocycles. The number of methoxy groups -OCH3 is 1. The topological polar surface area (TPSA) is 411 Å². The molecule has 0 aromatic heterocycles.